The molecule has 0 aromatic heterocycles. The molecule has 32 heavy (non-hydrogen) atoms. The minimum absolute atomic E-state index is 0.0553. The van der Waals surface area contributed by atoms with E-state index >= 15 is 0 Å². The molecule has 4 rings (SSSR count). The molecule has 0 spiro atoms. The highest BCUT2D eigenvalue weighted by atomic mass is 35.5. The molecule has 8 heteroatoms. The van der Waals surface area contributed by atoms with Gasteiger partial charge >= 0.3 is 6.03 Å². The zero-order chi connectivity index (χ0) is 22.7. The van der Waals surface area contributed by atoms with Crippen molar-refractivity contribution in [1.29, 1.82) is 0 Å². The minimum atomic E-state index is -0.465. The van der Waals surface area contributed by atoms with Gasteiger partial charge in [-0.2, -0.15) is 0 Å². The van der Waals surface area contributed by atoms with Crippen molar-refractivity contribution < 1.29 is 14.3 Å². The van der Waals surface area contributed by atoms with E-state index in [2.05, 4.69) is 5.32 Å². The Morgan fingerprint density at radius 2 is 1.84 bits per heavy atom. The van der Waals surface area contributed by atoms with Crippen LogP contribution in [0, 0.1) is 0 Å². The van der Waals surface area contributed by atoms with E-state index in [1.54, 1.807) is 22.9 Å². The number of hydrogen-bond acceptors (Lipinski definition) is 3. The topological polar surface area (TPSA) is 61.9 Å². The highest BCUT2D eigenvalue weighted by Gasteiger charge is 2.37. The molecule has 3 amide bonds. The number of amides is 3. The molecule has 170 valence electrons. The van der Waals surface area contributed by atoms with Crippen LogP contribution in [0.3, 0.4) is 0 Å². The van der Waals surface area contributed by atoms with Gasteiger partial charge in [-0.15, -0.1) is 0 Å². The van der Waals surface area contributed by atoms with Crippen LogP contribution in [0.1, 0.15) is 42.9 Å². The first-order valence-corrected chi connectivity index (χ1v) is 11.7. The van der Waals surface area contributed by atoms with Gasteiger partial charge < -0.3 is 19.9 Å². The largest absolute Gasteiger partial charge is 0.493 e. The average Bonchev–Trinajstić information content (AvgIpc) is 3.19. The van der Waals surface area contributed by atoms with Crippen molar-refractivity contribution in [1.82, 2.24) is 15.1 Å². The Kier molecular flexibility index (Phi) is 7.11. The lowest BCUT2D eigenvalue weighted by atomic mass is 10.0. The first-order valence-electron chi connectivity index (χ1n) is 10.9. The maximum atomic E-state index is 13.2. The van der Waals surface area contributed by atoms with Gasteiger partial charge in [-0.3, -0.25) is 4.79 Å². The summed E-state index contributed by atoms with van der Waals surface area (Å²) in [6.07, 6.45) is 3.04. The van der Waals surface area contributed by atoms with Crippen LogP contribution in [-0.4, -0.2) is 48.0 Å². The molecule has 0 saturated carbocycles. The summed E-state index contributed by atoms with van der Waals surface area (Å²) >= 11 is 12.1. The van der Waals surface area contributed by atoms with E-state index in [1.165, 1.54) is 0 Å². The van der Waals surface area contributed by atoms with E-state index in [-0.39, 0.29) is 18.0 Å². The van der Waals surface area contributed by atoms with Gasteiger partial charge in [0, 0.05) is 35.7 Å². The highest BCUT2D eigenvalue weighted by molar-refractivity contribution is 6.30. The molecule has 0 radical (unpaired) electrons. The zero-order valence-corrected chi connectivity index (χ0v) is 19.5. The van der Waals surface area contributed by atoms with Crippen LogP contribution >= 0.6 is 23.2 Å². The number of halogens is 2. The second-order valence-electron chi connectivity index (χ2n) is 8.35. The van der Waals surface area contributed by atoms with Gasteiger partial charge in [-0.05, 0) is 61.6 Å². The van der Waals surface area contributed by atoms with Gasteiger partial charge in [0.2, 0.25) is 5.91 Å². The number of likely N-dealkylation sites (tertiary alicyclic amines) is 1. The molecule has 6 nitrogen and oxygen atoms in total. The molecular weight excluding hydrogens is 449 g/mol. The van der Waals surface area contributed by atoms with Crippen LogP contribution in [0.2, 0.25) is 10.0 Å². The van der Waals surface area contributed by atoms with Crippen molar-refractivity contribution in [2.24, 2.45) is 0 Å². The quantitative estimate of drug-likeness (QED) is 0.673. The van der Waals surface area contributed by atoms with Gasteiger partial charge in [0.25, 0.3) is 0 Å². The van der Waals surface area contributed by atoms with Crippen LogP contribution < -0.4 is 10.1 Å². The Hall–Kier alpha value is -2.44. The van der Waals surface area contributed by atoms with Crippen molar-refractivity contribution in [2.75, 3.05) is 20.2 Å². The highest BCUT2D eigenvalue weighted by Crippen LogP contribution is 2.34. The summed E-state index contributed by atoms with van der Waals surface area (Å²) in [6, 6.07) is 12.0. The fourth-order valence-electron chi connectivity index (χ4n) is 4.39. The molecule has 2 aliphatic rings. The molecule has 1 fully saturated rings. The van der Waals surface area contributed by atoms with Crippen LogP contribution in [0.4, 0.5) is 4.79 Å². The third-order valence-electron chi connectivity index (χ3n) is 6.05. The molecule has 2 atom stereocenters. The third-order valence-corrected chi connectivity index (χ3v) is 6.53. The van der Waals surface area contributed by atoms with E-state index in [4.69, 9.17) is 27.9 Å². The summed E-state index contributed by atoms with van der Waals surface area (Å²) in [5.41, 5.74) is 1.87. The predicted octanol–water partition coefficient (Wildman–Crippen LogP) is 5.04. The number of likely N-dealkylation sites (N-methyl/N-ethyl adjacent to an activating group) is 1. The molecule has 2 aromatic rings. The third kappa shape index (κ3) is 5.13. The molecule has 2 heterocycles. The van der Waals surface area contributed by atoms with Gasteiger partial charge in [-0.25, -0.2) is 4.79 Å². The number of fused-ring (bicyclic) bond motifs is 1. The fraction of sp³-hybridized carbons (Fsp3) is 0.417. The maximum Gasteiger partial charge on any atom is 0.318 e. The SMILES string of the molecule is CN(Cc1ccc(Cl)cc1)C(=O)[C@H]1CCCN1C(=O)NC1CCCOc2ccc(Cl)cc21. The molecule has 1 unspecified atom stereocenters. The lowest BCUT2D eigenvalue weighted by molar-refractivity contribution is -0.134. The molecular formula is C24H27Cl2N3O3. The van der Waals surface area contributed by atoms with Crippen LogP contribution in [0.5, 0.6) is 5.75 Å². The van der Waals surface area contributed by atoms with Crippen LogP contribution in [0.15, 0.2) is 42.5 Å². The Morgan fingerprint density at radius 1 is 1.09 bits per heavy atom. The second kappa shape index (κ2) is 10.0. The summed E-state index contributed by atoms with van der Waals surface area (Å²) in [5.74, 6) is 0.689. The molecule has 1 saturated heterocycles. The van der Waals surface area contributed by atoms with E-state index in [0.717, 1.165) is 36.1 Å². The number of carbonyl (C=O) groups excluding carboxylic acids is 2. The van der Waals surface area contributed by atoms with E-state index in [1.807, 2.05) is 36.4 Å². The smallest absolute Gasteiger partial charge is 0.318 e. The first kappa shape index (κ1) is 22.7. The summed E-state index contributed by atoms with van der Waals surface area (Å²) in [4.78, 5) is 29.7. The predicted molar refractivity (Wildman–Crippen MR) is 125 cm³/mol. The molecule has 0 bridgehead atoms. The standard InChI is InChI=1S/C24H27Cl2N3O3/c1-28(15-16-6-8-17(25)9-7-16)23(30)21-5-2-12-29(21)24(31)27-20-4-3-13-32-22-11-10-18(26)14-19(20)22/h6-11,14,20-21H,2-5,12-13,15H2,1H3,(H,27,31)/t20?,21-/m1/s1. The number of nitrogens with zero attached hydrogens (tertiary/aromatic N) is 2. The van der Waals surface area contributed by atoms with Gasteiger partial charge in [0.15, 0.2) is 0 Å². The van der Waals surface area contributed by atoms with Crippen molar-refractivity contribution in [3.05, 3.63) is 63.6 Å². The van der Waals surface area contributed by atoms with Gasteiger partial charge in [0.1, 0.15) is 11.8 Å². The number of benzene rings is 2. The fourth-order valence-corrected chi connectivity index (χ4v) is 4.70. The lowest BCUT2D eigenvalue weighted by Crippen LogP contribution is -2.50. The number of rotatable bonds is 4. The van der Waals surface area contributed by atoms with Crippen molar-refractivity contribution >= 4 is 35.1 Å². The van der Waals surface area contributed by atoms with E-state index in [0.29, 0.717) is 36.2 Å². The molecule has 2 aromatic carbocycles. The normalized spacial score (nSPS) is 20.2. The number of hydrogen-bond donors (Lipinski definition) is 1. The van der Waals surface area contributed by atoms with Crippen LogP contribution in [-0.2, 0) is 11.3 Å². The monoisotopic (exact) mass is 475 g/mol. The summed E-state index contributed by atoms with van der Waals surface area (Å²) in [7, 11) is 1.77. The number of nitrogens with one attached hydrogen (secondary N) is 1. The maximum absolute atomic E-state index is 13.2. The molecule has 2 aliphatic heterocycles. The molecule has 0 aliphatic carbocycles. The number of carbonyl (C=O) groups is 2. The first-order chi connectivity index (χ1) is 15.4. The Morgan fingerprint density at radius 3 is 2.62 bits per heavy atom. The van der Waals surface area contributed by atoms with Crippen molar-refractivity contribution in [3.8, 4) is 5.75 Å². The Labute approximate surface area is 198 Å². The second-order valence-corrected chi connectivity index (χ2v) is 9.22. The van der Waals surface area contributed by atoms with Gasteiger partial charge in [0.05, 0.1) is 12.6 Å². The summed E-state index contributed by atoms with van der Waals surface area (Å²) in [5, 5.41) is 4.39. The number of ether oxygens (including phenoxy) is 1. The van der Waals surface area contributed by atoms with Crippen molar-refractivity contribution in [2.45, 2.75) is 44.3 Å². The van der Waals surface area contributed by atoms with Crippen LogP contribution in [0.25, 0.3) is 0 Å². The molecule has 1 N–H and O–H groups in total. The van der Waals surface area contributed by atoms with Crippen molar-refractivity contribution in [3.63, 3.8) is 0 Å². The van der Waals surface area contributed by atoms with E-state index in [9.17, 15) is 9.59 Å². The number of urea groups is 1. The summed E-state index contributed by atoms with van der Waals surface area (Å²) < 4.78 is 5.80. The Bertz CT molecular complexity index is 983. The van der Waals surface area contributed by atoms with Gasteiger partial charge in [-0.1, -0.05) is 35.3 Å². The van der Waals surface area contributed by atoms with E-state index < -0.39 is 6.04 Å². The summed E-state index contributed by atoms with van der Waals surface area (Å²) in [6.45, 7) is 1.62. The lowest BCUT2D eigenvalue weighted by Gasteiger charge is -2.30. The average molecular weight is 476 g/mol. The zero-order valence-electron chi connectivity index (χ0n) is 18.0. The minimum Gasteiger partial charge on any atom is -0.493 e. The Balaban J connectivity index is 1.44.